The Bertz CT molecular complexity index is 730. The van der Waals surface area contributed by atoms with Gasteiger partial charge in [-0.25, -0.2) is 0 Å². The molecule has 18 heavy (non-hydrogen) atoms. The largest absolute Gasteiger partial charge is 0.334 e. The molecule has 0 aliphatic carbocycles. The second kappa shape index (κ2) is 3.58. The summed E-state index contributed by atoms with van der Waals surface area (Å²) >= 11 is 0. The van der Waals surface area contributed by atoms with E-state index in [4.69, 9.17) is 0 Å². The van der Waals surface area contributed by atoms with Crippen LogP contribution >= 0.6 is 0 Å². The summed E-state index contributed by atoms with van der Waals surface area (Å²) in [5.41, 5.74) is 3.62. The van der Waals surface area contributed by atoms with Gasteiger partial charge in [0.1, 0.15) is 0 Å². The van der Waals surface area contributed by atoms with E-state index in [2.05, 4.69) is 60.7 Å². The van der Waals surface area contributed by atoms with Gasteiger partial charge in [0.2, 0.25) is 0 Å². The van der Waals surface area contributed by atoms with Gasteiger partial charge in [0, 0.05) is 27.5 Å². The molecule has 0 aliphatic rings. The number of fused-ring (bicyclic) bond motifs is 3. The second-order valence-corrected chi connectivity index (χ2v) is 5.87. The lowest BCUT2D eigenvalue weighted by Crippen LogP contribution is -2.21. The number of rotatable bonds is 0. The highest BCUT2D eigenvalue weighted by atomic mass is 15.1. The Kier molecular flexibility index (Phi) is 2.24. The van der Waals surface area contributed by atoms with Crippen molar-refractivity contribution in [2.75, 3.05) is 0 Å². The van der Waals surface area contributed by atoms with Crippen LogP contribution in [0.25, 0.3) is 21.8 Å². The fourth-order valence-electron chi connectivity index (χ4n) is 2.70. The first-order chi connectivity index (χ1) is 8.48. The van der Waals surface area contributed by atoms with Gasteiger partial charge in [-0.2, -0.15) is 0 Å². The molecule has 0 radical (unpaired) electrons. The maximum atomic E-state index is 4.46. The Morgan fingerprint density at radius 1 is 1.00 bits per heavy atom. The van der Waals surface area contributed by atoms with E-state index in [9.17, 15) is 0 Å². The molecule has 0 N–H and O–H groups in total. The standard InChI is InChI=1S/C16H18N2/c1-11-9-13-12-7-5-6-8-14(12)18(16(2,3)4)15(13)10-17-11/h5-10H,1-4H3. The van der Waals surface area contributed by atoms with Gasteiger partial charge in [0.05, 0.1) is 11.7 Å². The summed E-state index contributed by atoms with van der Waals surface area (Å²) in [5.74, 6) is 0. The first kappa shape index (κ1) is 11.3. The summed E-state index contributed by atoms with van der Waals surface area (Å²) in [6, 6.07) is 10.8. The summed E-state index contributed by atoms with van der Waals surface area (Å²) < 4.78 is 2.38. The number of para-hydroxylation sites is 1. The minimum absolute atomic E-state index is 0.0539. The third-order valence-corrected chi connectivity index (χ3v) is 3.37. The zero-order chi connectivity index (χ0) is 12.9. The Morgan fingerprint density at radius 2 is 1.72 bits per heavy atom. The monoisotopic (exact) mass is 238 g/mol. The van der Waals surface area contributed by atoms with Crippen LogP contribution in [0.4, 0.5) is 0 Å². The smallest absolute Gasteiger partial charge is 0.0683 e. The molecule has 3 rings (SSSR count). The SMILES string of the molecule is Cc1cc2c3ccccc3n(C(C)(C)C)c2cn1. The summed E-state index contributed by atoms with van der Waals surface area (Å²) in [6.07, 6.45) is 2.00. The number of benzene rings is 1. The van der Waals surface area contributed by atoms with E-state index in [1.807, 2.05) is 13.1 Å². The molecule has 2 nitrogen and oxygen atoms in total. The van der Waals surface area contributed by atoms with Gasteiger partial charge in [-0.15, -0.1) is 0 Å². The molecule has 2 aromatic heterocycles. The molecule has 1 aromatic carbocycles. The maximum absolute atomic E-state index is 4.46. The van der Waals surface area contributed by atoms with E-state index in [0.29, 0.717) is 0 Å². The van der Waals surface area contributed by atoms with Crippen molar-refractivity contribution >= 4 is 21.8 Å². The molecule has 0 unspecified atom stereocenters. The van der Waals surface area contributed by atoms with E-state index < -0.39 is 0 Å². The van der Waals surface area contributed by atoms with Crippen LogP contribution in [0, 0.1) is 6.92 Å². The second-order valence-electron chi connectivity index (χ2n) is 5.87. The van der Waals surface area contributed by atoms with Gasteiger partial charge >= 0.3 is 0 Å². The lowest BCUT2D eigenvalue weighted by molar-refractivity contribution is 0.423. The Morgan fingerprint density at radius 3 is 2.44 bits per heavy atom. The molecule has 0 aliphatic heterocycles. The van der Waals surface area contributed by atoms with Crippen LogP contribution in [0.15, 0.2) is 36.5 Å². The molecular formula is C16H18N2. The van der Waals surface area contributed by atoms with E-state index in [1.54, 1.807) is 0 Å². The van der Waals surface area contributed by atoms with Gasteiger partial charge in [0.15, 0.2) is 0 Å². The molecule has 3 aromatic rings. The number of pyridine rings is 1. The third-order valence-electron chi connectivity index (χ3n) is 3.37. The van der Waals surface area contributed by atoms with E-state index in [0.717, 1.165) is 5.69 Å². The fourth-order valence-corrected chi connectivity index (χ4v) is 2.70. The normalized spacial score (nSPS) is 12.4. The molecule has 0 saturated heterocycles. The van der Waals surface area contributed by atoms with Crippen molar-refractivity contribution in [1.82, 2.24) is 9.55 Å². The lowest BCUT2D eigenvalue weighted by Gasteiger charge is -2.24. The van der Waals surface area contributed by atoms with Crippen LogP contribution < -0.4 is 0 Å². The molecule has 0 amide bonds. The fraction of sp³-hybridized carbons (Fsp3) is 0.312. The van der Waals surface area contributed by atoms with Gasteiger partial charge in [0.25, 0.3) is 0 Å². The molecular weight excluding hydrogens is 220 g/mol. The Labute approximate surface area is 107 Å². The van der Waals surface area contributed by atoms with Crippen molar-refractivity contribution in [1.29, 1.82) is 0 Å². The van der Waals surface area contributed by atoms with Gasteiger partial charge < -0.3 is 4.57 Å². The highest BCUT2D eigenvalue weighted by Gasteiger charge is 2.20. The number of nitrogens with zero attached hydrogens (tertiary/aromatic N) is 2. The van der Waals surface area contributed by atoms with Crippen molar-refractivity contribution in [3.8, 4) is 0 Å². The number of hydrogen-bond acceptors (Lipinski definition) is 1. The third kappa shape index (κ3) is 1.52. The summed E-state index contributed by atoms with van der Waals surface area (Å²) in [6.45, 7) is 8.75. The number of hydrogen-bond donors (Lipinski definition) is 0. The summed E-state index contributed by atoms with van der Waals surface area (Å²) in [5, 5.41) is 2.61. The quantitative estimate of drug-likeness (QED) is 0.572. The van der Waals surface area contributed by atoms with Crippen LogP contribution in [-0.2, 0) is 5.54 Å². The molecule has 0 spiro atoms. The van der Waals surface area contributed by atoms with Crippen LogP contribution in [0.2, 0.25) is 0 Å². The number of aryl methyl sites for hydroxylation is 1. The average molecular weight is 238 g/mol. The van der Waals surface area contributed by atoms with Crippen LogP contribution in [0.1, 0.15) is 26.5 Å². The lowest BCUT2D eigenvalue weighted by atomic mass is 10.1. The summed E-state index contributed by atoms with van der Waals surface area (Å²) in [7, 11) is 0. The van der Waals surface area contributed by atoms with Crippen molar-refractivity contribution in [2.24, 2.45) is 0 Å². The Hall–Kier alpha value is -1.83. The molecule has 0 bridgehead atoms. The molecule has 2 heteroatoms. The molecule has 0 atom stereocenters. The van der Waals surface area contributed by atoms with Crippen molar-refractivity contribution in [2.45, 2.75) is 33.2 Å². The maximum Gasteiger partial charge on any atom is 0.0683 e. The minimum atomic E-state index is 0.0539. The van der Waals surface area contributed by atoms with Gasteiger partial charge in [-0.05, 0) is 39.8 Å². The molecule has 0 saturated carbocycles. The highest BCUT2D eigenvalue weighted by molar-refractivity contribution is 6.08. The molecule has 2 heterocycles. The zero-order valence-electron chi connectivity index (χ0n) is 11.4. The highest BCUT2D eigenvalue weighted by Crippen LogP contribution is 2.33. The summed E-state index contributed by atoms with van der Waals surface area (Å²) in [4.78, 5) is 4.46. The zero-order valence-corrected chi connectivity index (χ0v) is 11.4. The molecule has 0 fully saturated rings. The number of aromatic nitrogens is 2. The van der Waals surface area contributed by atoms with Gasteiger partial charge in [-0.1, -0.05) is 18.2 Å². The molecule has 92 valence electrons. The van der Waals surface area contributed by atoms with Crippen molar-refractivity contribution in [3.05, 3.63) is 42.2 Å². The first-order valence-electron chi connectivity index (χ1n) is 6.35. The topological polar surface area (TPSA) is 17.8 Å². The van der Waals surface area contributed by atoms with E-state index >= 15 is 0 Å². The van der Waals surface area contributed by atoms with Crippen molar-refractivity contribution < 1.29 is 0 Å². The van der Waals surface area contributed by atoms with Gasteiger partial charge in [-0.3, -0.25) is 4.98 Å². The average Bonchev–Trinajstić information content (AvgIpc) is 2.62. The predicted octanol–water partition coefficient (Wildman–Crippen LogP) is 4.25. The first-order valence-corrected chi connectivity index (χ1v) is 6.35. The predicted molar refractivity (Wildman–Crippen MR) is 77.0 cm³/mol. The van der Waals surface area contributed by atoms with E-state index in [1.165, 1.54) is 21.8 Å². The Balaban J connectivity index is 2.58. The minimum Gasteiger partial charge on any atom is -0.334 e. The van der Waals surface area contributed by atoms with Crippen molar-refractivity contribution in [3.63, 3.8) is 0 Å². The van der Waals surface area contributed by atoms with Crippen LogP contribution in [0.5, 0.6) is 0 Å². The van der Waals surface area contributed by atoms with Crippen LogP contribution in [0.3, 0.4) is 0 Å². The van der Waals surface area contributed by atoms with E-state index in [-0.39, 0.29) is 5.54 Å². The van der Waals surface area contributed by atoms with Crippen LogP contribution in [-0.4, -0.2) is 9.55 Å².